The Morgan fingerprint density at radius 3 is 1.77 bits per heavy atom. The van der Waals surface area contributed by atoms with Gasteiger partial charge in [-0.05, 0) is 6.92 Å². The van der Waals surface area contributed by atoms with E-state index in [1.165, 1.54) is 21.1 Å². The van der Waals surface area contributed by atoms with Crippen molar-refractivity contribution in [3.05, 3.63) is 0 Å². The van der Waals surface area contributed by atoms with Crippen LogP contribution in [-0.2, 0) is 47.7 Å². The highest BCUT2D eigenvalue weighted by Gasteiger charge is 2.59. The molecule has 0 aromatic carbocycles. The summed E-state index contributed by atoms with van der Waals surface area (Å²) in [5.41, 5.74) is 4.72. The normalized spacial score (nSPS) is 33.7. The van der Waals surface area contributed by atoms with E-state index in [2.05, 4.69) is 5.48 Å². The molecule has 2 aliphatic heterocycles. The van der Waals surface area contributed by atoms with Crippen molar-refractivity contribution in [1.29, 1.82) is 0 Å². The fraction of sp³-hybridized carbons (Fsp3) is 0.871. The molecule has 0 radical (unpaired) electrons. The van der Waals surface area contributed by atoms with Crippen LogP contribution in [0, 0.1) is 10.8 Å². The number of aliphatic hydroxyl groups is 4. The molecule has 10 N–H and O–H groups in total. The maximum absolute atomic E-state index is 13.0. The quantitative estimate of drug-likeness (QED) is 0.0444. The van der Waals surface area contributed by atoms with Crippen molar-refractivity contribution >= 4 is 23.9 Å². The standard InChI is InChI=1S/C31H56N4O17/c1-29(15-48-5)20(13-37)51-31(3,17-49-16-30(2)19(12-36)50-18(14-47-4)25(32)27(30)45)26(28(29)46)33-52-24(44)11-35(10-23(42)43)7-6-34(8-21(38)39)9-22(40)41/h18-20,25-28,33,36-37,45-46H,6-17,32H2,1-5H3,(H,38,39)(H,40,41)(H,42,43). The predicted molar refractivity (Wildman–Crippen MR) is 176 cm³/mol. The van der Waals surface area contributed by atoms with Crippen LogP contribution in [-0.4, -0.2) is 211 Å². The van der Waals surface area contributed by atoms with Gasteiger partial charge in [-0.25, -0.2) is 4.79 Å². The third-order valence-electron chi connectivity index (χ3n) is 9.72. The van der Waals surface area contributed by atoms with Crippen LogP contribution in [0.25, 0.3) is 0 Å². The van der Waals surface area contributed by atoms with E-state index in [0.717, 1.165) is 9.80 Å². The van der Waals surface area contributed by atoms with Gasteiger partial charge < -0.3 is 70.0 Å². The second-order valence-corrected chi connectivity index (χ2v) is 14.0. The molecule has 10 atom stereocenters. The third-order valence-corrected chi connectivity index (χ3v) is 9.72. The maximum atomic E-state index is 13.0. The fourth-order valence-corrected chi connectivity index (χ4v) is 6.62. The van der Waals surface area contributed by atoms with Crippen LogP contribution in [0.3, 0.4) is 0 Å². The molecule has 10 unspecified atom stereocenters. The summed E-state index contributed by atoms with van der Waals surface area (Å²) >= 11 is 0. The minimum atomic E-state index is -1.55. The largest absolute Gasteiger partial charge is 0.480 e. The van der Waals surface area contributed by atoms with E-state index in [0.29, 0.717) is 0 Å². The molecule has 2 heterocycles. The predicted octanol–water partition coefficient (Wildman–Crippen LogP) is -4.46. The minimum absolute atomic E-state index is 0.0757. The van der Waals surface area contributed by atoms with Crippen molar-refractivity contribution in [1.82, 2.24) is 15.3 Å². The van der Waals surface area contributed by atoms with Gasteiger partial charge in [0.05, 0.1) is 102 Å². The number of hydrogen-bond donors (Lipinski definition) is 9. The topological polar surface area (TPSA) is 310 Å². The van der Waals surface area contributed by atoms with Crippen LogP contribution in [0.2, 0.25) is 0 Å². The van der Waals surface area contributed by atoms with Gasteiger partial charge in [0.2, 0.25) is 0 Å². The third kappa shape index (κ3) is 11.7. The summed E-state index contributed by atoms with van der Waals surface area (Å²) in [6.07, 6.45) is -5.26. The van der Waals surface area contributed by atoms with Gasteiger partial charge in [-0.15, -0.1) is 5.48 Å². The first-order valence-corrected chi connectivity index (χ1v) is 16.6. The Kier molecular flexibility index (Phi) is 17.6. The molecular formula is C31H56N4O17. The molecule has 2 saturated heterocycles. The number of nitrogens with two attached hydrogens (primary N) is 1. The number of nitrogens with one attached hydrogen (secondary N) is 1. The zero-order valence-corrected chi connectivity index (χ0v) is 30.2. The van der Waals surface area contributed by atoms with Crippen LogP contribution in [0.4, 0.5) is 0 Å². The van der Waals surface area contributed by atoms with Crippen LogP contribution in [0.15, 0.2) is 0 Å². The first kappa shape index (κ1) is 45.5. The Bertz CT molecular complexity index is 1170. The minimum Gasteiger partial charge on any atom is -0.480 e. The number of aliphatic carboxylic acids is 3. The van der Waals surface area contributed by atoms with Gasteiger partial charge in [0.1, 0.15) is 11.6 Å². The Morgan fingerprint density at radius 2 is 1.29 bits per heavy atom. The van der Waals surface area contributed by atoms with Gasteiger partial charge in [-0.3, -0.25) is 24.2 Å². The van der Waals surface area contributed by atoms with Gasteiger partial charge in [0.25, 0.3) is 0 Å². The second-order valence-electron chi connectivity index (χ2n) is 14.0. The molecule has 302 valence electrons. The zero-order chi connectivity index (χ0) is 39.4. The van der Waals surface area contributed by atoms with Crippen molar-refractivity contribution in [3.8, 4) is 0 Å². The average Bonchev–Trinajstić information content (AvgIpc) is 3.05. The molecular weight excluding hydrogens is 700 g/mol. The second kappa shape index (κ2) is 20.2. The Morgan fingerprint density at radius 1 is 0.769 bits per heavy atom. The number of carbonyl (C=O) groups excluding carboxylic acids is 1. The highest BCUT2D eigenvalue weighted by atomic mass is 16.7. The van der Waals surface area contributed by atoms with Crippen LogP contribution in [0.5, 0.6) is 0 Å². The molecule has 2 fully saturated rings. The van der Waals surface area contributed by atoms with E-state index in [9.17, 15) is 44.7 Å². The lowest BCUT2D eigenvalue weighted by Crippen LogP contribution is -2.72. The van der Waals surface area contributed by atoms with Gasteiger partial charge in [-0.2, -0.15) is 0 Å². The van der Waals surface area contributed by atoms with E-state index >= 15 is 0 Å². The maximum Gasteiger partial charge on any atom is 0.338 e. The van der Waals surface area contributed by atoms with Crippen molar-refractivity contribution in [2.24, 2.45) is 16.6 Å². The molecule has 2 rings (SSSR count). The lowest BCUT2D eigenvalue weighted by Gasteiger charge is -2.55. The van der Waals surface area contributed by atoms with Crippen molar-refractivity contribution < 1.29 is 83.4 Å². The van der Waals surface area contributed by atoms with Gasteiger partial charge in [0, 0.05) is 38.1 Å². The number of nitrogens with zero attached hydrogens (tertiary/aromatic N) is 2. The number of hydrogen-bond acceptors (Lipinski definition) is 18. The first-order valence-electron chi connectivity index (χ1n) is 16.6. The molecule has 0 aromatic rings. The zero-order valence-electron chi connectivity index (χ0n) is 30.2. The van der Waals surface area contributed by atoms with E-state index < -0.39 is 122 Å². The number of hydroxylamine groups is 1. The number of ether oxygens (including phenoxy) is 5. The number of rotatable bonds is 23. The van der Waals surface area contributed by atoms with Gasteiger partial charge in [-0.1, -0.05) is 13.8 Å². The molecule has 21 heteroatoms. The fourth-order valence-electron chi connectivity index (χ4n) is 6.62. The summed E-state index contributed by atoms with van der Waals surface area (Å²) in [6, 6.07) is -2.16. The van der Waals surface area contributed by atoms with E-state index in [1.54, 1.807) is 13.8 Å². The summed E-state index contributed by atoms with van der Waals surface area (Å²) in [4.78, 5) is 54.4. The number of carbonyl (C=O) groups is 4. The Hall–Kier alpha value is -2.64. The SMILES string of the molecule is COCC1OC(CO)C(C)(COCC2(C)OC(CO)C(C)(COC)C(O)C2NOC(=O)CN(CCN(CC(=O)O)CC(=O)O)CC(=O)O)C(O)C1N. The van der Waals surface area contributed by atoms with E-state index in [-0.39, 0.29) is 39.5 Å². The summed E-state index contributed by atoms with van der Waals surface area (Å²) in [5, 5.41) is 70.8. The molecule has 0 aliphatic carbocycles. The van der Waals surface area contributed by atoms with Gasteiger partial charge in [0.15, 0.2) is 0 Å². The smallest absolute Gasteiger partial charge is 0.338 e. The molecule has 2 aliphatic rings. The summed E-state index contributed by atoms with van der Waals surface area (Å²) < 4.78 is 28.7. The number of carboxylic acids is 3. The van der Waals surface area contributed by atoms with Gasteiger partial charge >= 0.3 is 23.9 Å². The first-order chi connectivity index (χ1) is 24.3. The lowest BCUT2D eigenvalue weighted by molar-refractivity contribution is -0.286. The Labute approximate surface area is 301 Å². The number of aliphatic hydroxyl groups excluding tert-OH is 4. The van der Waals surface area contributed by atoms with Crippen molar-refractivity contribution in [2.45, 2.75) is 69.0 Å². The number of carboxylic acid groups (broad SMARTS) is 3. The molecule has 21 nitrogen and oxygen atoms in total. The lowest BCUT2D eigenvalue weighted by atomic mass is 9.69. The van der Waals surface area contributed by atoms with Crippen molar-refractivity contribution in [2.75, 3.05) is 93.1 Å². The Balaban J connectivity index is 2.27. The average molecular weight is 757 g/mol. The molecule has 0 spiro atoms. The van der Waals surface area contributed by atoms with E-state index in [1.807, 2.05) is 0 Å². The molecule has 0 saturated carbocycles. The van der Waals surface area contributed by atoms with Crippen LogP contribution >= 0.6 is 0 Å². The van der Waals surface area contributed by atoms with Crippen molar-refractivity contribution in [3.63, 3.8) is 0 Å². The van der Waals surface area contributed by atoms with E-state index in [4.69, 9.17) is 44.5 Å². The van der Waals surface area contributed by atoms with Crippen LogP contribution in [0.1, 0.15) is 20.8 Å². The molecule has 52 heavy (non-hydrogen) atoms. The summed E-state index contributed by atoms with van der Waals surface area (Å²) in [7, 11) is 2.83. The summed E-state index contributed by atoms with van der Waals surface area (Å²) in [5.74, 6) is -4.94. The highest BCUT2D eigenvalue weighted by Crippen LogP contribution is 2.43. The molecule has 0 bridgehead atoms. The molecule has 0 amide bonds. The number of methoxy groups -OCH3 is 2. The van der Waals surface area contributed by atoms with Crippen LogP contribution < -0.4 is 11.2 Å². The highest BCUT2D eigenvalue weighted by molar-refractivity contribution is 5.74. The monoisotopic (exact) mass is 756 g/mol. The molecule has 0 aromatic heterocycles. The summed E-state index contributed by atoms with van der Waals surface area (Å²) in [6.45, 7) is 0.126.